The molecule has 138 valence electrons. The third-order valence-electron chi connectivity index (χ3n) is 4.18. The molecular formula is C21H26N2O3. The standard InChI is InChI=1S/C21H26N2O3/c1-14-6-11-18(12-15(14)2)26-13-19(24)22-23-20(25)16-7-9-17(10-8-16)21(3,4)5/h6-12H,13H2,1-5H3,(H,22,24)(H,23,25). The Balaban J connectivity index is 1.82. The van der Waals surface area contributed by atoms with Gasteiger partial charge in [-0.05, 0) is 60.2 Å². The minimum atomic E-state index is -0.428. The summed E-state index contributed by atoms with van der Waals surface area (Å²) >= 11 is 0. The van der Waals surface area contributed by atoms with Crippen LogP contribution in [-0.2, 0) is 10.2 Å². The van der Waals surface area contributed by atoms with Crippen molar-refractivity contribution >= 4 is 11.8 Å². The summed E-state index contributed by atoms with van der Waals surface area (Å²) in [5.74, 6) is -0.180. The number of nitrogens with one attached hydrogen (secondary N) is 2. The van der Waals surface area contributed by atoms with Crippen molar-refractivity contribution in [3.05, 3.63) is 64.7 Å². The Morgan fingerprint density at radius 3 is 2.15 bits per heavy atom. The third kappa shape index (κ3) is 5.34. The molecule has 2 aromatic carbocycles. The van der Waals surface area contributed by atoms with Gasteiger partial charge in [0.25, 0.3) is 11.8 Å². The average molecular weight is 354 g/mol. The number of hydrogen-bond acceptors (Lipinski definition) is 3. The summed E-state index contributed by atoms with van der Waals surface area (Å²) in [6.45, 7) is 10.1. The van der Waals surface area contributed by atoms with Crippen molar-refractivity contribution < 1.29 is 14.3 Å². The third-order valence-corrected chi connectivity index (χ3v) is 4.18. The summed E-state index contributed by atoms with van der Waals surface area (Å²) in [6, 6.07) is 12.9. The molecule has 5 heteroatoms. The zero-order valence-electron chi connectivity index (χ0n) is 16.0. The Hall–Kier alpha value is -2.82. The Bertz CT molecular complexity index is 790. The van der Waals surface area contributed by atoms with Gasteiger partial charge in [0, 0.05) is 5.56 Å². The molecular weight excluding hydrogens is 328 g/mol. The molecule has 0 bridgehead atoms. The van der Waals surface area contributed by atoms with E-state index in [1.54, 1.807) is 12.1 Å². The first-order valence-electron chi connectivity index (χ1n) is 8.56. The van der Waals surface area contributed by atoms with Gasteiger partial charge in [0.2, 0.25) is 0 Å². The summed E-state index contributed by atoms with van der Waals surface area (Å²) in [5.41, 5.74) is 8.65. The molecule has 26 heavy (non-hydrogen) atoms. The van der Waals surface area contributed by atoms with E-state index < -0.39 is 5.91 Å². The molecule has 0 fully saturated rings. The fraction of sp³-hybridized carbons (Fsp3) is 0.333. The summed E-state index contributed by atoms with van der Waals surface area (Å²) in [4.78, 5) is 23.9. The van der Waals surface area contributed by atoms with Crippen molar-refractivity contribution in [1.82, 2.24) is 10.9 Å². The van der Waals surface area contributed by atoms with Crippen LogP contribution in [0.3, 0.4) is 0 Å². The number of carbonyl (C=O) groups excluding carboxylic acids is 2. The molecule has 2 amide bonds. The molecule has 0 spiro atoms. The van der Waals surface area contributed by atoms with Gasteiger partial charge >= 0.3 is 0 Å². The van der Waals surface area contributed by atoms with Crippen molar-refractivity contribution in [2.75, 3.05) is 6.61 Å². The van der Waals surface area contributed by atoms with Crippen LogP contribution in [0.1, 0.15) is 47.8 Å². The minimum Gasteiger partial charge on any atom is -0.484 e. The maximum Gasteiger partial charge on any atom is 0.276 e. The van der Waals surface area contributed by atoms with E-state index in [1.165, 1.54) is 0 Å². The molecule has 2 aromatic rings. The van der Waals surface area contributed by atoms with Crippen molar-refractivity contribution in [2.24, 2.45) is 0 Å². The molecule has 0 saturated heterocycles. The second-order valence-electron chi connectivity index (χ2n) is 7.36. The molecule has 2 N–H and O–H groups in total. The number of rotatable bonds is 4. The maximum atomic E-state index is 12.1. The van der Waals surface area contributed by atoms with Gasteiger partial charge in [0.1, 0.15) is 5.75 Å². The number of carbonyl (C=O) groups is 2. The lowest BCUT2D eigenvalue weighted by Gasteiger charge is -2.19. The van der Waals surface area contributed by atoms with Crippen LogP contribution in [-0.4, -0.2) is 18.4 Å². The SMILES string of the molecule is Cc1ccc(OCC(=O)NNC(=O)c2ccc(C(C)(C)C)cc2)cc1C. The first-order chi connectivity index (χ1) is 12.2. The topological polar surface area (TPSA) is 67.4 Å². The van der Waals surface area contributed by atoms with Crippen molar-refractivity contribution in [3.63, 3.8) is 0 Å². The number of aryl methyl sites for hydroxylation is 2. The van der Waals surface area contributed by atoms with Crippen molar-refractivity contribution in [1.29, 1.82) is 0 Å². The van der Waals surface area contributed by atoms with E-state index in [-0.39, 0.29) is 17.9 Å². The van der Waals surface area contributed by atoms with Crippen molar-refractivity contribution in [3.8, 4) is 5.75 Å². The molecule has 5 nitrogen and oxygen atoms in total. The monoisotopic (exact) mass is 354 g/mol. The molecule has 0 heterocycles. The van der Waals surface area contributed by atoms with Crippen LogP contribution in [0, 0.1) is 13.8 Å². The van der Waals surface area contributed by atoms with Gasteiger partial charge in [-0.1, -0.05) is 39.0 Å². The van der Waals surface area contributed by atoms with Crippen LogP contribution in [0.5, 0.6) is 5.75 Å². The molecule has 0 aliphatic heterocycles. The van der Waals surface area contributed by atoms with Crippen LogP contribution in [0.4, 0.5) is 0 Å². The van der Waals surface area contributed by atoms with Crippen LogP contribution in [0.25, 0.3) is 0 Å². The first-order valence-corrected chi connectivity index (χ1v) is 8.56. The van der Waals surface area contributed by atoms with Gasteiger partial charge in [-0.15, -0.1) is 0 Å². The first kappa shape index (κ1) is 19.5. The second-order valence-corrected chi connectivity index (χ2v) is 7.36. The van der Waals surface area contributed by atoms with Gasteiger partial charge in [-0.3, -0.25) is 20.4 Å². The number of ether oxygens (including phenoxy) is 1. The lowest BCUT2D eigenvalue weighted by molar-refractivity contribution is -0.123. The molecule has 0 aliphatic rings. The summed E-state index contributed by atoms with van der Waals surface area (Å²) in [6.07, 6.45) is 0. The second kappa shape index (κ2) is 8.04. The highest BCUT2D eigenvalue weighted by Gasteiger charge is 2.14. The van der Waals surface area contributed by atoms with Crippen LogP contribution in [0.15, 0.2) is 42.5 Å². The predicted molar refractivity (Wildman–Crippen MR) is 102 cm³/mol. The highest BCUT2D eigenvalue weighted by molar-refractivity contribution is 5.95. The summed E-state index contributed by atoms with van der Waals surface area (Å²) in [5, 5.41) is 0. The Labute approximate surface area is 154 Å². The highest BCUT2D eigenvalue weighted by atomic mass is 16.5. The van der Waals surface area contributed by atoms with Crippen molar-refractivity contribution in [2.45, 2.75) is 40.0 Å². The number of hydrogen-bond donors (Lipinski definition) is 2. The van der Waals surface area contributed by atoms with Gasteiger partial charge in [-0.25, -0.2) is 0 Å². The quantitative estimate of drug-likeness (QED) is 0.827. The molecule has 0 unspecified atom stereocenters. The van der Waals surface area contributed by atoms with E-state index in [9.17, 15) is 9.59 Å². The molecule has 0 aliphatic carbocycles. The molecule has 0 saturated carbocycles. The average Bonchev–Trinajstić information content (AvgIpc) is 2.60. The van der Waals surface area contributed by atoms with E-state index in [4.69, 9.17) is 4.74 Å². The lowest BCUT2D eigenvalue weighted by Crippen LogP contribution is -2.43. The predicted octanol–water partition coefficient (Wildman–Crippen LogP) is 3.44. The minimum absolute atomic E-state index is 0.0227. The zero-order chi connectivity index (χ0) is 19.3. The van der Waals surface area contributed by atoms with Crippen LogP contribution >= 0.6 is 0 Å². The maximum absolute atomic E-state index is 12.1. The Kier molecular flexibility index (Phi) is 6.03. The molecule has 0 radical (unpaired) electrons. The summed E-state index contributed by atoms with van der Waals surface area (Å²) in [7, 11) is 0. The van der Waals surface area contributed by atoms with E-state index >= 15 is 0 Å². The normalized spacial score (nSPS) is 11.0. The van der Waals surface area contributed by atoms with Crippen LogP contribution < -0.4 is 15.6 Å². The fourth-order valence-corrected chi connectivity index (χ4v) is 2.31. The molecule has 0 atom stereocenters. The zero-order valence-corrected chi connectivity index (χ0v) is 16.0. The molecule has 2 rings (SSSR count). The fourth-order valence-electron chi connectivity index (χ4n) is 2.31. The highest BCUT2D eigenvalue weighted by Crippen LogP contribution is 2.22. The van der Waals surface area contributed by atoms with E-state index in [0.717, 1.165) is 16.7 Å². The lowest BCUT2D eigenvalue weighted by atomic mass is 9.87. The largest absolute Gasteiger partial charge is 0.484 e. The molecule has 0 aromatic heterocycles. The van der Waals surface area contributed by atoms with E-state index in [1.807, 2.05) is 44.2 Å². The number of benzene rings is 2. The summed E-state index contributed by atoms with van der Waals surface area (Å²) < 4.78 is 5.43. The number of amides is 2. The van der Waals surface area contributed by atoms with E-state index in [0.29, 0.717) is 11.3 Å². The Morgan fingerprint density at radius 1 is 0.923 bits per heavy atom. The van der Waals surface area contributed by atoms with Gasteiger partial charge in [-0.2, -0.15) is 0 Å². The van der Waals surface area contributed by atoms with Gasteiger partial charge in [0.05, 0.1) is 0 Å². The van der Waals surface area contributed by atoms with E-state index in [2.05, 4.69) is 31.6 Å². The smallest absolute Gasteiger partial charge is 0.276 e. The van der Waals surface area contributed by atoms with Gasteiger partial charge < -0.3 is 4.74 Å². The number of hydrazine groups is 1. The Morgan fingerprint density at radius 2 is 1.58 bits per heavy atom. The van der Waals surface area contributed by atoms with Crippen LogP contribution in [0.2, 0.25) is 0 Å². The van der Waals surface area contributed by atoms with Gasteiger partial charge in [0.15, 0.2) is 6.61 Å².